The minimum absolute atomic E-state index is 0.201. The van der Waals surface area contributed by atoms with Crippen LogP contribution in [0, 0.1) is 0 Å². The molecule has 0 aromatic heterocycles. The Bertz CT molecular complexity index is 224. The van der Waals surface area contributed by atoms with E-state index in [4.69, 9.17) is 5.11 Å². The van der Waals surface area contributed by atoms with E-state index in [1.165, 1.54) is 51.4 Å². The molecular weight excluding hydrogens is 228 g/mol. The summed E-state index contributed by atoms with van der Waals surface area (Å²) in [6, 6.07) is 0. The third-order valence-electron chi connectivity index (χ3n) is 3.25. The van der Waals surface area contributed by atoms with Crippen LogP contribution in [0.5, 0.6) is 0 Å². The zero-order valence-corrected chi connectivity index (χ0v) is 11.7. The molecule has 3 nitrogen and oxygen atoms in total. The van der Waals surface area contributed by atoms with E-state index >= 15 is 0 Å². The van der Waals surface area contributed by atoms with Gasteiger partial charge in [0.1, 0.15) is 0 Å². The van der Waals surface area contributed by atoms with Gasteiger partial charge in [0.05, 0.1) is 0 Å². The van der Waals surface area contributed by atoms with Crippen molar-refractivity contribution in [3.63, 3.8) is 0 Å². The van der Waals surface area contributed by atoms with Crippen molar-refractivity contribution in [3.05, 3.63) is 0 Å². The van der Waals surface area contributed by atoms with Gasteiger partial charge in [-0.05, 0) is 6.42 Å². The summed E-state index contributed by atoms with van der Waals surface area (Å²) in [5.74, 6) is -1.94. The lowest BCUT2D eigenvalue weighted by Crippen LogP contribution is -2.11. The third-order valence-corrected chi connectivity index (χ3v) is 3.25. The first-order chi connectivity index (χ1) is 8.68. The molecule has 18 heavy (non-hydrogen) atoms. The predicted octanol–water partition coefficient (Wildman–Crippen LogP) is 4.34. The van der Waals surface area contributed by atoms with E-state index in [2.05, 4.69) is 6.92 Å². The molecule has 0 radical (unpaired) electrons. The number of ketones is 1. The average Bonchev–Trinajstić information content (AvgIpc) is 2.35. The lowest BCUT2D eigenvalue weighted by atomic mass is 10.0. The van der Waals surface area contributed by atoms with Crippen molar-refractivity contribution in [3.8, 4) is 0 Å². The van der Waals surface area contributed by atoms with Gasteiger partial charge in [0.25, 0.3) is 0 Å². The second-order valence-electron chi connectivity index (χ2n) is 5.01. The number of Topliss-reactive ketones (excluding diaryl/α,β-unsaturated/α-hetero) is 1. The molecule has 0 fully saturated rings. The summed E-state index contributed by atoms with van der Waals surface area (Å²) in [6.45, 7) is 2.23. The summed E-state index contributed by atoms with van der Waals surface area (Å²) >= 11 is 0. The van der Waals surface area contributed by atoms with Gasteiger partial charge in [-0.25, -0.2) is 4.79 Å². The second kappa shape index (κ2) is 12.6. The number of carbonyl (C=O) groups excluding carboxylic acids is 1. The number of unbranched alkanes of at least 4 members (excludes halogenated alkanes) is 10. The van der Waals surface area contributed by atoms with Crippen molar-refractivity contribution in [2.24, 2.45) is 0 Å². The number of carboxylic acids is 1. The fourth-order valence-electron chi connectivity index (χ4n) is 2.06. The van der Waals surface area contributed by atoms with Crippen molar-refractivity contribution < 1.29 is 14.7 Å². The Balaban J connectivity index is 3.07. The highest BCUT2D eigenvalue weighted by Crippen LogP contribution is 2.11. The van der Waals surface area contributed by atoms with Crippen LogP contribution in [0.2, 0.25) is 0 Å². The zero-order valence-electron chi connectivity index (χ0n) is 11.7. The minimum Gasteiger partial charge on any atom is -0.476 e. The van der Waals surface area contributed by atoms with Crippen molar-refractivity contribution >= 4 is 11.8 Å². The van der Waals surface area contributed by atoms with Gasteiger partial charge in [-0.3, -0.25) is 4.79 Å². The molecule has 0 saturated carbocycles. The number of aliphatic carboxylic acids is 1. The first-order valence-electron chi connectivity index (χ1n) is 7.44. The Labute approximate surface area is 111 Å². The van der Waals surface area contributed by atoms with Crippen LogP contribution < -0.4 is 0 Å². The zero-order chi connectivity index (χ0) is 13.6. The highest BCUT2D eigenvalue weighted by molar-refractivity contribution is 6.32. The van der Waals surface area contributed by atoms with Crippen LogP contribution in [0.4, 0.5) is 0 Å². The smallest absolute Gasteiger partial charge is 0.372 e. The lowest BCUT2D eigenvalue weighted by molar-refractivity contribution is -0.149. The molecule has 0 heterocycles. The summed E-state index contributed by atoms with van der Waals surface area (Å²) in [5, 5.41) is 8.39. The van der Waals surface area contributed by atoms with E-state index in [1.807, 2.05) is 0 Å². The van der Waals surface area contributed by atoms with Crippen LogP contribution in [0.1, 0.15) is 84.0 Å². The maximum Gasteiger partial charge on any atom is 0.372 e. The molecule has 0 aliphatic heterocycles. The van der Waals surface area contributed by atoms with Crippen LogP contribution >= 0.6 is 0 Å². The van der Waals surface area contributed by atoms with Gasteiger partial charge in [0.2, 0.25) is 5.78 Å². The fourth-order valence-corrected chi connectivity index (χ4v) is 2.06. The van der Waals surface area contributed by atoms with E-state index in [9.17, 15) is 9.59 Å². The average molecular weight is 256 g/mol. The van der Waals surface area contributed by atoms with Crippen LogP contribution in [0.25, 0.3) is 0 Å². The van der Waals surface area contributed by atoms with Gasteiger partial charge in [0.15, 0.2) is 0 Å². The largest absolute Gasteiger partial charge is 0.476 e. The molecule has 0 amide bonds. The van der Waals surface area contributed by atoms with Crippen LogP contribution in [0.3, 0.4) is 0 Å². The van der Waals surface area contributed by atoms with Crippen LogP contribution in [-0.2, 0) is 9.59 Å². The highest BCUT2D eigenvalue weighted by Gasteiger charge is 2.09. The van der Waals surface area contributed by atoms with Crippen molar-refractivity contribution in [2.75, 3.05) is 0 Å². The van der Waals surface area contributed by atoms with Crippen molar-refractivity contribution in [1.29, 1.82) is 0 Å². The Morgan fingerprint density at radius 1 is 0.722 bits per heavy atom. The summed E-state index contributed by atoms with van der Waals surface area (Å²) in [4.78, 5) is 21.1. The summed E-state index contributed by atoms with van der Waals surface area (Å²) < 4.78 is 0. The number of hydrogen-bond donors (Lipinski definition) is 1. The maximum absolute atomic E-state index is 10.8. The Morgan fingerprint density at radius 2 is 1.11 bits per heavy atom. The molecule has 0 unspecified atom stereocenters. The predicted molar refractivity (Wildman–Crippen MR) is 73.7 cm³/mol. The van der Waals surface area contributed by atoms with E-state index in [0.717, 1.165) is 19.3 Å². The molecule has 0 spiro atoms. The fraction of sp³-hybridized carbons (Fsp3) is 0.867. The van der Waals surface area contributed by atoms with Gasteiger partial charge in [-0.15, -0.1) is 0 Å². The molecule has 0 aliphatic carbocycles. The van der Waals surface area contributed by atoms with E-state index in [0.29, 0.717) is 0 Å². The lowest BCUT2D eigenvalue weighted by Gasteiger charge is -2.01. The Kier molecular flexibility index (Phi) is 12.0. The summed E-state index contributed by atoms with van der Waals surface area (Å²) in [5.41, 5.74) is 0. The van der Waals surface area contributed by atoms with Gasteiger partial charge in [0, 0.05) is 6.42 Å². The molecule has 0 bridgehead atoms. The molecule has 0 aliphatic rings. The quantitative estimate of drug-likeness (QED) is 0.394. The van der Waals surface area contributed by atoms with E-state index in [1.54, 1.807) is 0 Å². The second-order valence-corrected chi connectivity index (χ2v) is 5.01. The number of carboxylic acid groups (broad SMARTS) is 1. The number of hydrogen-bond acceptors (Lipinski definition) is 2. The SMILES string of the molecule is CCCCCCCCCCCCCC(=O)C(=O)O. The molecule has 3 heteroatoms. The van der Waals surface area contributed by atoms with Gasteiger partial charge in [-0.2, -0.15) is 0 Å². The monoisotopic (exact) mass is 256 g/mol. The van der Waals surface area contributed by atoms with Gasteiger partial charge >= 0.3 is 5.97 Å². The molecule has 106 valence electrons. The van der Waals surface area contributed by atoms with Crippen molar-refractivity contribution in [2.45, 2.75) is 84.0 Å². The standard InChI is InChI=1S/C15H28O3/c1-2-3-4-5-6-7-8-9-10-11-12-13-14(16)15(17)18/h2-13H2,1H3,(H,17,18). The maximum atomic E-state index is 10.8. The molecule has 1 N–H and O–H groups in total. The first-order valence-corrected chi connectivity index (χ1v) is 7.44. The Morgan fingerprint density at radius 3 is 1.50 bits per heavy atom. The van der Waals surface area contributed by atoms with Gasteiger partial charge < -0.3 is 5.11 Å². The molecule has 0 saturated heterocycles. The first kappa shape index (κ1) is 17.1. The molecular formula is C15H28O3. The third kappa shape index (κ3) is 11.6. The normalized spacial score (nSPS) is 10.5. The molecule has 0 aromatic rings. The van der Waals surface area contributed by atoms with Gasteiger partial charge in [-0.1, -0.05) is 71.1 Å². The van der Waals surface area contributed by atoms with Crippen molar-refractivity contribution in [1.82, 2.24) is 0 Å². The van der Waals surface area contributed by atoms with E-state index in [-0.39, 0.29) is 6.42 Å². The van der Waals surface area contributed by atoms with E-state index < -0.39 is 11.8 Å². The number of rotatable bonds is 13. The molecule has 0 aromatic carbocycles. The topological polar surface area (TPSA) is 54.4 Å². The highest BCUT2D eigenvalue weighted by atomic mass is 16.4. The number of carbonyl (C=O) groups is 2. The summed E-state index contributed by atoms with van der Waals surface area (Å²) in [7, 11) is 0. The van der Waals surface area contributed by atoms with Crippen LogP contribution in [0.15, 0.2) is 0 Å². The summed E-state index contributed by atoms with van der Waals surface area (Å²) in [6.07, 6.45) is 13.6. The molecule has 0 rings (SSSR count). The molecule has 0 atom stereocenters. The Hall–Kier alpha value is -0.860. The van der Waals surface area contributed by atoms with Crippen LogP contribution in [-0.4, -0.2) is 16.9 Å². The minimum atomic E-state index is -1.29.